The van der Waals surface area contributed by atoms with Gasteiger partial charge >= 0.3 is 0 Å². The van der Waals surface area contributed by atoms with Gasteiger partial charge in [0.1, 0.15) is 12.4 Å². The second-order valence-corrected chi connectivity index (χ2v) is 10.1. The van der Waals surface area contributed by atoms with Gasteiger partial charge in [0.25, 0.3) is 0 Å². The molecule has 3 aromatic rings. The SMILES string of the molecule is C=CCn1c(COc2cccc(C)c2)nnc1SC(C)C(=O)Nc1ccc(N2CCCCC2)cc1. The number of amides is 1. The van der Waals surface area contributed by atoms with Crippen LogP contribution in [0.1, 0.15) is 37.6 Å². The average Bonchev–Trinajstić information content (AvgIpc) is 3.25. The molecule has 1 amide bonds. The van der Waals surface area contributed by atoms with Crippen molar-refractivity contribution in [2.75, 3.05) is 23.3 Å². The maximum atomic E-state index is 12.9. The van der Waals surface area contributed by atoms with E-state index in [-0.39, 0.29) is 17.8 Å². The first-order chi connectivity index (χ1) is 17.0. The standard InChI is InChI=1S/C27H33N5O2S/c1-4-15-32-25(19-34-24-10-8-9-20(2)18-24)29-30-27(32)35-21(3)26(33)28-22-11-13-23(14-12-22)31-16-6-5-7-17-31/h4,8-14,18,21H,1,5-7,15-17,19H2,2-3H3,(H,28,33). The Hall–Kier alpha value is -3.26. The van der Waals surface area contributed by atoms with E-state index in [4.69, 9.17) is 4.74 Å². The highest BCUT2D eigenvalue weighted by Crippen LogP contribution is 2.26. The maximum absolute atomic E-state index is 12.9. The quantitative estimate of drug-likeness (QED) is 0.300. The van der Waals surface area contributed by atoms with Crippen LogP contribution in [-0.2, 0) is 17.9 Å². The Morgan fingerprint density at radius 3 is 2.66 bits per heavy atom. The minimum Gasteiger partial charge on any atom is -0.486 e. The van der Waals surface area contributed by atoms with E-state index >= 15 is 0 Å². The summed E-state index contributed by atoms with van der Waals surface area (Å²) in [6.07, 6.45) is 5.58. The van der Waals surface area contributed by atoms with E-state index in [1.165, 1.54) is 36.7 Å². The summed E-state index contributed by atoms with van der Waals surface area (Å²) in [6, 6.07) is 16.0. The molecule has 1 fully saturated rings. The Morgan fingerprint density at radius 1 is 1.17 bits per heavy atom. The van der Waals surface area contributed by atoms with Gasteiger partial charge in [-0.25, -0.2) is 0 Å². The molecule has 184 valence electrons. The molecular formula is C27H33N5O2S. The number of benzene rings is 2. The first kappa shape index (κ1) is 24.9. The van der Waals surface area contributed by atoms with Gasteiger partial charge in [-0.1, -0.05) is 30.0 Å². The lowest BCUT2D eigenvalue weighted by atomic mass is 10.1. The predicted octanol–water partition coefficient (Wildman–Crippen LogP) is 5.46. The summed E-state index contributed by atoms with van der Waals surface area (Å²) >= 11 is 1.37. The predicted molar refractivity (Wildman–Crippen MR) is 142 cm³/mol. The van der Waals surface area contributed by atoms with Crippen molar-refractivity contribution in [2.45, 2.75) is 56.7 Å². The summed E-state index contributed by atoms with van der Waals surface area (Å²) in [7, 11) is 0. The molecule has 8 heteroatoms. The molecule has 1 aromatic heterocycles. The number of ether oxygens (including phenoxy) is 1. The highest BCUT2D eigenvalue weighted by molar-refractivity contribution is 8.00. The normalized spacial score (nSPS) is 14.4. The molecule has 0 bridgehead atoms. The topological polar surface area (TPSA) is 72.3 Å². The molecule has 1 N–H and O–H groups in total. The zero-order valence-electron chi connectivity index (χ0n) is 20.4. The highest BCUT2D eigenvalue weighted by Gasteiger charge is 2.20. The summed E-state index contributed by atoms with van der Waals surface area (Å²) in [5.41, 5.74) is 3.14. The fraction of sp³-hybridized carbons (Fsp3) is 0.370. The highest BCUT2D eigenvalue weighted by atomic mass is 32.2. The molecule has 1 saturated heterocycles. The number of anilines is 2. The Balaban J connectivity index is 1.36. The molecule has 1 aliphatic heterocycles. The van der Waals surface area contributed by atoms with Gasteiger partial charge < -0.3 is 15.0 Å². The third kappa shape index (κ3) is 6.66. The van der Waals surface area contributed by atoms with E-state index in [0.717, 1.165) is 30.1 Å². The largest absolute Gasteiger partial charge is 0.486 e. The Labute approximate surface area is 211 Å². The summed E-state index contributed by atoms with van der Waals surface area (Å²) in [4.78, 5) is 15.3. The maximum Gasteiger partial charge on any atom is 0.237 e. The molecule has 4 rings (SSSR count). The number of aromatic nitrogens is 3. The van der Waals surface area contributed by atoms with Crippen molar-refractivity contribution >= 4 is 29.0 Å². The molecule has 0 spiro atoms. The van der Waals surface area contributed by atoms with Crippen LogP contribution >= 0.6 is 11.8 Å². The number of aryl methyl sites for hydroxylation is 1. The van der Waals surface area contributed by atoms with Crippen LogP contribution in [0.5, 0.6) is 5.75 Å². The van der Waals surface area contributed by atoms with Gasteiger partial charge in [0, 0.05) is 31.0 Å². The molecular weight excluding hydrogens is 458 g/mol. The van der Waals surface area contributed by atoms with E-state index in [0.29, 0.717) is 17.5 Å². The lowest BCUT2D eigenvalue weighted by Gasteiger charge is -2.28. The number of thioether (sulfide) groups is 1. The van der Waals surface area contributed by atoms with Crippen LogP contribution in [0.25, 0.3) is 0 Å². The molecule has 1 unspecified atom stereocenters. The van der Waals surface area contributed by atoms with Gasteiger partial charge in [-0.15, -0.1) is 16.8 Å². The van der Waals surface area contributed by atoms with Crippen molar-refractivity contribution in [1.29, 1.82) is 0 Å². The van der Waals surface area contributed by atoms with Crippen molar-refractivity contribution in [1.82, 2.24) is 14.8 Å². The number of nitrogens with one attached hydrogen (secondary N) is 1. The van der Waals surface area contributed by atoms with Crippen molar-refractivity contribution in [3.8, 4) is 5.75 Å². The average molecular weight is 492 g/mol. The first-order valence-corrected chi connectivity index (χ1v) is 13.0. The van der Waals surface area contributed by atoms with Crippen LogP contribution in [0.4, 0.5) is 11.4 Å². The summed E-state index contributed by atoms with van der Waals surface area (Å²) in [5.74, 6) is 1.40. The molecule has 0 saturated carbocycles. The van der Waals surface area contributed by atoms with Gasteiger partial charge in [-0.2, -0.15) is 0 Å². The Bertz CT molecular complexity index is 1140. The molecule has 0 aliphatic carbocycles. The van der Waals surface area contributed by atoms with Gasteiger partial charge in [0.2, 0.25) is 5.91 Å². The number of nitrogens with zero attached hydrogens (tertiary/aromatic N) is 4. The number of hydrogen-bond acceptors (Lipinski definition) is 6. The van der Waals surface area contributed by atoms with Crippen LogP contribution < -0.4 is 15.0 Å². The molecule has 1 aliphatic rings. The Morgan fingerprint density at radius 2 is 1.94 bits per heavy atom. The molecule has 7 nitrogen and oxygen atoms in total. The van der Waals surface area contributed by atoms with Crippen LogP contribution in [0, 0.1) is 6.92 Å². The van der Waals surface area contributed by atoms with Crippen LogP contribution in [0.3, 0.4) is 0 Å². The van der Waals surface area contributed by atoms with Crippen LogP contribution in [-0.4, -0.2) is 39.0 Å². The van der Waals surface area contributed by atoms with Crippen molar-refractivity contribution < 1.29 is 9.53 Å². The van der Waals surface area contributed by atoms with Gasteiger partial charge in [0.05, 0.1) is 5.25 Å². The first-order valence-electron chi connectivity index (χ1n) is 12.1. The molecule has 35 heavy (non-hydrogen) atoms. The zero-order valence-corrected chi connectivity index (χ0v) is 21.3. The van der Waals surface area contributed by atoms with Crippen LogP contribution in [0.15, 0.2) is 66.3 Å². The second-order valence-electron chi connectivity index (χ2n) is 8.75. The minimum atomic E-state index is -0.352. The van der Waals surface area contributed by atoms with E-state index in [9.17, 15) is 4.79 Å². The third-order valence-corrected chi connectivity index (χ3v) is 7.05. The van der Waals surface area contributed by atoms with E-state index in [1.54, 1.807) is 6.08 Å². The number of carbonyl (C=O) groups excluding carboxylic acids is 1. The molecule has 2 aromatic carbocycles. The van der Waals surface area contributed by atoms with E-state index < -0.39 is 0 Å². The van der Waals surface area contributed by atoms with E-state index in [1.807, 2.05) is 54.8 Å². The smallest absolute Gasteiger partial charge is 0.237 e. The van der Waals surface area contributed by atoms with Gasteiger partial charge in [-0.05, 0) is 75.1 Å². The lowest BCUT2D eigenvalue weighted by Crippen LogP contribution is -2.29. The second kappa shape index (κ2) is 11.9. The summed E-state index contributed by atoms with van der Waals surface area (Å²) < 4.78 is 7.84. The molecule has 2 heterocycles. The van der Waals surface area contributed by atoms with Gasteiger partial charge in [-0.3, -0.25) is 9.36 Å². The third-order valence-electron chi connectivity index (χ3n) is 5.97. The zero-order chi connectivity index (χ0) is 24.6. The van der Waals surface area contributed by atoms with Gasteiger partial charge in [0.15, 0.2) is 11.0 Å². The Kier molecular flexibility index (Phi) is 8.47. The fourth-order valence-electron chi connectivity index (χ4n) is 4.04. The van der Waals surface area contributed by atoms with Crippen molar-refractivity contribution in [3.63, 3.8) is 0 Å². The molecule has 0 radical (unpaired) electrons. The van der Waals surface area contributed by atoms with E-state index in [2.05, 4.69) is 39.1 Å². The fourth-order valence-corrected chi connectivity index (χ4v) is 4.92. The monoisotopic (exact) mass is 491 g/mol. The van der Waals surface area contributed by atoms with Crippen molar-refractivity contribution in [2.24, 2.45) is 0 Å². The summed E-state index contributed by atoms with van der Waals surface area (Å²) in [6.45, 7) is 10.8. The summed E-state index contributed by atoms with van der Waals surface area (Å²) in [5, 5.41) is 12.0. The molecule has 1 atom stereocenters. The number of allylic oxidation sites excluding steroid dienone is 1. The minimum absolute atomic E-state index is 0.0774. The number of piperidine rings is 1. The number of hydrogen-bond donors (Lipinski definition) is 1. The lowest BCUT2D eigenvalue weighted by molar-refractivity contribution is -0.115. The number of rotatable bonds is 10. The van der Waals surface area contributed by atoms with Crippen LogP contribution in [0.2, 0.25) is 0 Å². The number of carbonyl (C=O) groups is 1. The van der Waals surface area contributed by atoms with Crippen molar-refractivity contribution in [3.05, 3.63) is 72.6 Å².